The van der Waals surface area contributed by atoms with E-state index in [-0.39, 0.29) is 17.9 Å². The molecule has 5 nitrogen and oxygen atoms in total. The van der Waals surface area contributed by atoms with Gasteiger partial charge in [-0.25, -0.2) is 13.1 Å². The van der Waals surface area contributed by atoms with Crippen molar-refractivity contribution in [3.63, 3.8) is 0 Å². The number of sulfonamides is 1. The fourth-order valence-corrected chi connectivity index (χ4v) is 3.58. The van der Waals surface area contributed by atoms with Crippen molar-refractivity contribution < 1.29 is 18.3 Å². The van der Waals surface area contributed by atoms with E-state index < -0.39 is 16.0 Å². The Kier molecular flexibility index (Phi) is 5.11. The van der Waals surface area contributed by atoms with Crippen molar-refractivity contribution >= 4 is 47.9 Å². The molecular formula is C9H9Br2NO4S. The van der Waals surface area contributed by atoms with Gasteiger partial charge >= 0.3 is 5.97 Å². The summed E-state index contributed by atoms with van der Waals surface area (Å²) in [6.45, 7) is -0.142. The standard InChI is InChI=1S/C9H9Br2NO4S/c10-6-1-2-7(11)8(5-6)17(15,16)12-4-3-9(13)14/h1-2,5,12H,3-4H2,(H,13,14). The molecule has 1 rings (SSSR count). The molecule has 0 spiro atoms. The van der Waals surface area contributed by atoms with E-state index in [1.54, 1.807) is 12.1 Å². The van der Waals surface area contributed by atoms with Crippen LogP contribution in [-0.2, 0) is 14.8 Å². The highest BCUT2D eigenvalue weighted by atomic mass is 79.9. The van der Waals surface area contributed by atoms with Crippen LogP contribution in [0.4, 0.5) is 0 Å². The van der Waals surface area contributed by atoms with E-state index in [0.717, 1.165) is 0 Å². The summed E-state index contributed by atoms with van der Waals surface area (Å²) in [7, 11) is -3.70. The lowest BCUT2D eigenvalue weighted by molar-refractivity contribution is -0.136. The lowest BCUT2D eigenvalue weighted by atomic mass is 10.4. The first-order valence-corrected chi connectivity index (χ1v) is 7.56. The van der Waals surface area contributed by atoms with E-state index in [1.807, 2.05) is 0 Å². The number of hydrogen-bond donors (Lipinski definition) is 2. The van der Waals surface area contributed by atoms with Gasteiger partial charge in [0.15, 0.2) is 0 Å². The van der Waals surface area contributed by atoms with Crippen LogP contribution in [0, 0.1) is 0 Å². The van der Waals surface area contributed by atoms with E-state index in [0.29, 0.717) is 8.95 Å². The number of hydrogen-bond acceptors (Lipinski definition) is 3. The maximum atomic E-state index is 11.8. The normalized spacial score (nSPS) is 11.4. The SMILES string of the molecule is O=C(O)CCNS(=O)(=O)c1cc(Br)ccc1Br. The summed E-state index contributed by atoms with van der Waals surface area (Å²) in [5, 5.41) is 8.43. The molecule has 0 saturated carbocycles. The Morgan fingerprint density at radius 2 is 2.00 bits per heavy atom. The number of carboxylic acids is 1. The molecule has 0 aromatic heterocycles. The Balaban J connectivity index is 2.89. The highest BCUT2D eigenvalue weighted by molar-refractivity contribution is 9.11. The van der Waals surface area contributed by atoms with E-state index in [9.17, 15) is 13.2 Å². The molecule has 0 aliphatic carbocycles. The van der Waals surface area contributed by atoms with Gasteiger partial charge in [0, 0.05) is 15.5 Å². The van der Waals surface area contributed by atoms with Gasteiger partial charge in [-0.3, -0.25) is 4.79 Å². The van der Waals surface area contributed by atoms with Gasteiger partial charge in [0.25, 0.3) is 0 Å². The summed E-state index contributed by atoms with van der Waals surface area (Å²) < 4.78 is 26.9. The fourth-order valence-electron chi connectivity index (χ4n) is 1.05. The molecule has 94 valence electrons. The summed E-state index contributed by atoms with van der Waals surface area (Å²) in [6.07, 6.45) is -0.259. The van der Waals surface area contributed by atoms with Crippen molar-refractivity contribution in [2.45, 2.75) is 11.3 Å². The van der Waals surface area contributed by atoms with Crippen LogP contribution in [0.25, 0.3) is 0 Å². The number of carbonyl (C=O) groups is 1. The number of carboxylic acid groups (broad SMARTS) is 1. The Morgan fingerprint density at radius 1 is 1.35 bits per heavy atom. The largest absolute Gasteiger partial charge is 0.481 e. The molecule has 0 aliphatic heterocycles. The van der Waals surface area contributed by atoms with Crippen LogP contribution in [0.15, 0.2) is 32.0 Å². The molecule has 8 heteroatoms. The molecule has 1 aromatic carbocycles. The van der Waals surface area contributed by atoms with Gasteiger partial charge in [-0.05, 0) is 34.1 Å². The first kappa shape index (κ1) is 14.6. The first-order valence-electron chi connectivity index (χ1n) is 4.49. The number of nitrogens with one attached hydrogen (secondary N) is 1. The van der Waals surface area contributed by atoms with Crippen molar-refractivity contribution in [2.24, 2.45) is 0 Å². The van der Waals surface area contributed by atoms with Gasteiger partial charge in [-0.2, -0.15) is 0 Å². The van der Waals surface area contributed by atoms with Crippen LogP contribution in [0.5, 0.6) is 0 Å². The van der Waals surface area contributed by atoms with E-state index in [2.05, 4.69) is 36.6 Å². The fraction of sp³-hybridized carbons (Fsp3) is 0.222. The molecule has 1 aromatic rings. The second kappa shape index (κ2) is 5.94. The van der Waals surface area contributed by atoms with Crippen molar-refractivity contribution in [3.8, 4) is 0 Å². The number of aliphatic carboxylic acids is 1. The predicted octanol–water partition coefficient (Wildman–Crippen LogP) is 1.96. The highest BCUT2D eigenvalue weighted by Gasteiger charge is 2.17. The monoisotopic (exact) mass is 385 g/mol. The quantitative estimate of drug-likeness (QED) is 0.810. The van der Waals surface area contributed by atoms with Crippen molar-refractivity contribution in [1.29, 1.82) is 0 Å². The number of rotatable bonds is 5. The molecule has 0 amide bonds. The summed E-state index contributed by atoms with van der Waals surface area (Å²) in [5.74, 6) is -1.05. The topological polar surface area (TPSA) is 83.5 Å². The van der Waals surface area contributed by atoms with Crippen LogP contribution in [-0.4, -0.2) is 26.0 Å². The lowest BCUT2D eigenvalue weighted by Gasteiger charge is -2.07. The van der Waals surface area contributed by atoms with Crippen LogP contribution in [0.1, 0.15) is 6.42 Å². The number of halogens is 2. The van der Waals surface area contributed by atoms with Crippen LogP contribution in [0.3, 0.4) is 0 Å². The third-order valence-corrected chi connectivity index (χ3v) is 4.76. The van der Waals surface area contributed by atoms with Crippen molar-refractivity contribution in [2.75, 3.05) is 6.54 Å². The molecule has 17 heavy (non-hydrogen) atoms. The zero-order chi connectivity index (χ0) is 13.1. The average Bonchev–Trinajstić information content (AvgIpc) is 2.20. The average molecular weight is 387 g/mol. The molecular weight excluding hydrogens is 378 g/mol. The Labute approximate surface area is 116 Å². The van der Waals surface area contributed by atoms with E-state index in [4.69, 9.17) is 5.11 Å². The summed E-state index contributed by atoms with van der Waals surface area (Å²) >= 11 is 6.30. The lowest BCUT2D eigenvalue weighted by Crippen LogP contribution is -2.26. The van der Waals surface area contributed by atoms with Crippen LogP contribution in [0.2, 0.25) is 0 Å². The molecule has 0 radical (unpaired) electrons. The van der Waals surface area contributed by atoms with Crippen LogP contribution < -0.4 is 4.72 Å². The first-order chi connectivity index (χ1) is 7.83. The van der Waals surface area contributed by atoms with Crippen molar-refractivity contribution in [1.82, 2.24) is 4.72 Å². The smallest absolute Gasteiger partial charge is 0.304 e. The zero-order valence-electron chi connectivity index (χ0n) is 8.48. The third kappa shape index (κ3) is 4.38. The molecule has 0 aliphatic rings. The summed E-state index contributed by atoms with van der Waals surface area (Å²) in [6, 6.07) is 4.73. The molecule has 0 unspecified atom stereocenters. The summed E-state index contributed by atoms with van der Waals surface area (Å²) in [5.41, 5.74) is 0. The Hall–Kier alpha value is -0.440. The molecule has 2 N–H and O–H groups in total. The molecule has 0 atom stereocenters. The third-order valence-electron chi connectivity index (χ3n) is 1.81. The molecule has 0 heterocycles. The van der Waals surface area contributed by atoms with Crippen molar-refractivity contribution in [3.05, 3.63) is 27.1 Å². The minimum absolute atomic E-state index is 0.0669. The zero-order valence-corrected chi connectivity index (χ0v) is 12.5. The molecule has 0 saturated heterocycles. The number of benzene rings is 1. The maximum Gasteiger partial charge on any atom is 0.304 e. The van der Waals surface area contributed by atoms with Gasteiger partial charge < -0.3 is 5.11 Å². The summed E-state index contributed by atoms with van der Waals surface area (Å²) in [4.78, 5) is 10.4. The van der Waals surface area contributed by atoms with Gasteiger partial charge in [0.2, 0.25) is 10.0 Å². The van der Waals surface area contributed by atoms with Crippen LogP contribution >= 0.6 is 31.9 Å². The van der Waals surface area contributed by atoms with E-state index in [1.165, 1.54) is 6.07 Å². The van der Waals surface area contributed by atoms with Gasteiger partial charge in [-0.15, -0.1) is 0 Å². The second-order valence-corrected chi connectivity index (χ2v) is 6.62. The molecule has 0 fully saturated rings. The van der Waals surface area contributed by atoms with Gasteiger partial charge in [0.1, 0.15) is 0 Å². The second-order valence-electron chi connectivity index (χ2n) is 3.12. The van der Waals surface area contributed by atoms with Gasteiger partial charge in [0.05, 0.1) is 11.3 Å². The predicted molar refractivity (Wildman–Crippen MR) is 69.3 cm³/mol. The maximum absolute atomic E-state index is 11.8. The van der Waals surface area contributed by atoms with E-state index >= 15 is 0 Å². The minimum Gasteiger partial charge on any atom is -0.481 e. The Morgan fingerprint density at radius 3 is 2.59 bits per heavy atom. The van der Waals surface area contributed by atoms with Gasteiger partial charge in [-0.1, -0.05) is 15.9 Å². The highest BCUT2D eigenvalue weighted by Crippen LogP contribution is 2.25. The Bertz CT molecular complexity index is 530. The molecule has 0 bridgehead atoms. The minimum atomic E-state index is -3.70.